The smallest absolute Gasteiger partial charge is 0.335 e. The molecule has 4 saturated carbocycles. The minimum Gasteiger partial charge on any atom is -0.482 e. The van der Waals surface area contributed by atoms with Gasteiger partial charge < -0.3 is 64.0 Å². The van der Waals surface area contributed by atoms with Crippen LogP contribution in [0.1, 0.15) is 154 Å². The summed E-state index contributed by atoms with van der Waals surface area (Å²) in [4.78, 5) is 12.0. The Morgan fingerprint density at radius 2 is 1.85 bits per heavy atom. The van der Waals surface area contributed by atoms with Crippen LogP contribution in [-0.2, 0) is 31.8 Å². The number of hydrogen-bond acceptors (Lipinski definition) is 13. The molecule has 7 N–H and O–H groups in total. The number of nitrogens with zero attached hydrogens (tertiary/aromatic N) is 2. The first-order valence-corrected chi connectivity index (χ1v) is 30.4. The van der Waals surface area contributed by atoms with Crippen molar-refractivity contribution in [2.24, 2.45) is 46.3 Å². The molecule has 5 fully saturated rings. The molecule has 440 valence electrons. The number of methoxy groups -OCH3 is 1. The van der Waals surface area contributed by atoms with E-state index < -0.39 is 71.4 Å². The maximum absolute atomic E-state index is 14.2. The second-order valence-electron chi connectivity index (χ2n) is 25.5. The monoisotopic (exact) mass is 1120 g/mol. The zero-order chi connectivity index (χ0) is 57.6. The van der Waals surface area contributed by atoms with Gasteiger partial charge in [0.05, 0.1) is 42.1 Å². The predicted octanol–water partition coefficient (Wildman–Crippen LogP) is 8.84. The van der Waals surface area contributed by atoms with Gasteiger partial charge in [-0.15, -0.1) is 6.58 Å². The van der Waals surface area contributed by atoms with Crippen LogP contribution in [0.25, 0.3) is 0 Å². The second-order valence-corrected chi connectivity index (χ2v) is 25.5. The molecule has 18 atom stereocenters. The van der Waals surface area contributed by atoms with Gasteiger partial charge in [-0.25, -0.2) is 4.79 Å². The number of carbonyl (C=O) groups is 1. The Balaban J connectivity index is 1.03. The minimum absolute atomic E-state index is 0.00901. The number of benzene rings is 2. The Hall–Kier alpha value is -5.46. The molecule has 2 aromatic carbocycles. The van der Waals surface area contributed by atoms with Crippen LogP contribution in [0.15, 0.2) is 97.1 Å². The molecule has 0 radical (unpaired) electrons. The molecule has 1 aromatic heterocycles. The standard InChI is InChI=1S/C67H84N2O13/c1-4-6-7-14-56-51-25-21-45-33-64(51,40-65(77)34-52-50(43-16-18-44(19-17-43)62(75)76)24-22-48-12-8-27-66(48,52)60(45)65)53-35-67(82-56)61(74)58(73)59(57(15-9-29-70)79-30-10-13-55(53)72)81-63(67)80-49-23-20-42(11-5-2)46(32-49)31-47(39-78-3)54(38-71)69-28-26-41(36-68)37-69/h5,16-21,23,25-26,28,32,37,45,47-48,50,52-55,57-61,63,70-74,77H,2,4,6-9,11-15,22,24,27,29,31,33-35,38-40H2,1,3H3,(H,75,76)/t45-,47+,48+,50-,52-,53+,54+,55-,57+,58+,59+,60+,61-,63-,64-,65+,66+,67+/m0/s1. The summed E-state index contributed by atoms with van der Waals surface area (Å²) >= 11 is 0. The highest BCUT2D eigenvalue weighted by Crippen LogP contribution is 2.78. The van der Waals surface area contributed by atoms with Crippen molar-refractivity contribution < 1.29 is 64.2 Å². The van der Waals surface area contributed by atoms with Gasteiger partial charge in [0.25, 0.3) is 0 Å². The number of unbranched alkanes of at least 4 members (excludes halogenated alkanes) is 2. The summed E-state index contributed by atoms with van der Waals surface area (Å²) in [6.45, 7) is 6.10. The maximum atomic E-state index is 14.2. The van der Waals surface area contributed by atoms with Gasteiger partial charge in [0, 0.05) is 62.6 Å². The summed E-state index contributed by atoms with van der Waals surface area (Å²) in [7, 11) is 1.62. The van der Waals surface area contributed by atoms with E-state index in [9.17, 15) is 45.8 Å². The van der Waals surface area contributed by atoms with Crippen molar-refractivity contribution in [1.82, 2.24) is 4.57 Å². The number of ether oxygens (including phenoxy) is 5. The molecular weight excluding hydrogens is 1040 g/mol. The fourth-order valence-corrected chi connectivity index (χ4v) is 18.1. The number of fused-ring (bicyclic) bond motifs is 9. The van der Waals surface area contributed by atoms with E-state index in [0.29, 0.717) is 61.5 Å². The summed E-state index contributed by atoms with van der Waals surface area (Å²) in [5, 5.41) is 93.9. The Morgan fingerprint density at radius 3 is 2.59 bits per heavy atom. The second kappa shape index (κ2) is 23.9. The van der Waals surface area contributed by atoms with Crippen LogP contribution in [0.5, 0.6) is 5.75 Å². The lowest BCUT2D eigenvalue weighted by atomic mass is 9.44. The number of aromatic carboxylic acids is 1. The minimum atomic E-state index is -1.86. The summed E-state index contributed by atoms with van der Waals surface area (Å²) in [5.74, 6) is 2.75. The lowest BCUT2D eigenvalue weighted by Gasteiger charge is -2.60. The molecule has 5 aliphatic carbocycles. The van der Waals surface area contributed by atoms with Gasteiger partial charge in [-0.1, -0.05) is 68.5 Å². The molecule has 3 spiro atoms. The van der Waals surface area contributed by atoms with Gasteiger partial charge in [0.2, 0.25) is 6.29 Å². The fourth-order valence-electron chi connectivity index (χ4n) is 18.1. The molecule has 5 bridgehead atoms. The first-order valence-electron chi connectivity index (χ1n) is 30.4. The Bertz CT molecular complexity index is 2970. The molecule has 0 amide bonds. The molecule has 4 aliphatic heterocycles. The molecule has 0 unspecified atom stereocenters. The molecule has 5 heterocycles. The Labute approximate surface area is 482 Å². The van der Waals surface area contributed by atoms with E-state index in [1.54, 1.807) is 37.7 Å². The van der Waals surface area contributed by atoms with Gasteiger partial charge in [-0.2, -0.15) is 5.26 Å². The number of rotatable bonds is 20. The number of carboxylic acid groups (broad SMARTS) is 1. The van der Waals surface area contributed by atoms with E-state index >= 15 is 0 Å². The van der Waals surface area contributed by atoms with Gasteiger partial charge >= 0.3 is 5.97 Å². The van der Waals surface area contributed by atoms with Crippen LogP contribution in [0, 0.1) is 69.7 Å². The van der Waals surface area contributed by atoms with E-state index in [0.717, 1.165) is 73.6 Å². The number of aliphatic hydroxyl groups excluding tert-OH is 5. The van der Waals surface area contributed by atoms with Crippen molar-refractivity contribution in [2.75, 3.05) is 26.9 Å². The van der Waals surface area contributed by atoms with E-state index in [-0.39, 0.29) is 86.1 Å². The van der Waals surface area contributed by atoms with Crippen LogP contribution in [0.3, 0.4) is 0 Å². The van der Waals surface area contributed by atoms with Crippen LogP contribution in [0.4, 0.5) is 0 Å². The predicted molar refractivity (Wildman–Crippen MR) is 305 cm³/mol. The maximum Gasteiger partial charge on any atom is 0.335 e. The molecule has 15 heteroatoms. The van der Waals surface area contributed by atoms with Gasteiger partial charge in [0.1, 0.15) is 48.1 Å². The summed E-state index contributed by atoms with van der Waals surface area (Å²) in [6, 6.07) is 16.6. The van der Waals surface area contributed by atoms with Crippen LogP contribution < -0.4 is 4.74 Å². The largest absolute Gasteiger partial charge is 0.482 e. The number of aromatic nitrogens is 1. The van der Waals surface area contributed by atoms with Crippen molar-refractivity contribution in [2.45, 2.75) is 182 Å². The highest BCUT2D eigenvalue weighted by Gasteiger charge is 2.75. The van der Waals surface area contributed by atoms with E-state index in [1.165, 1.54) is 0 Å². The highest BCUT2D eigenvalue weighted by atomic mass is 16.7. The topological polar surface area (TPSA) is 234 Å². The third-order valence-corrected chi connectivity index (χ3v) is 21.3. The number of aliphatic hydroxyl groups is 6. The van der Waals surface area contributed by atoms with E-state index in [1.807, 2.05) is 41.0 Å². The fraction of sp³-hybridized carbons (Fsp3) is 0.612. The molecule has 3 aromatic rings. The van der Waals surface area contributed by atoms with Crippen molar-refractivity contribution >= 4 is 5.97 Å². The first-order chi connectivity index (χ1) is 39.7. The van der Waals surface area contributed by atoms with Gasteiger partial charge in [0.15, 0.2) is 5.60 Å². The summed E-state index contributed by atoms with van der Waals surface area (Å²) in [5.41, 5.74) is 0.472. The number of carboxylic acids is 1. The molecule has 15 nitrogen and oxygen atoms in total. The number of nitriles is 1. The lowest BCUT2D eigenvalue weighted by Crippen LogP contribution is -2.71. The Morgan fingerprint density at radius 1 is 1.02 bits per heavy atom. The van der Waals surface area contributed by atoms with Gasteiger partial charge in [-0.05, 0) is 165 Å². The zero-order valence-electron chi connectivity index (χ0n) is 47.6. The molecule has 82 heavy (non-hydrogen) atoms. The number of allylic oxidation sites excluding steroid dienone is 5. The molecule has 9 aliphatic rings. The van der Waals surface area contributed by atoms with Crippen LogP contribution in [-0.4, -0.2) is 121 Å². The van der Waals surface area contributed by atoms with Crippen molar-refractivity contribution in [3.63, 3.8) is 0 Å². The highest BCUT2D eigenvalue weighted by molar-refractivity contribution is 5.87. The van der Waals surface area contributed by atoms with Crippen molar-refractivity contribution in [3.8, 4) is 23.8 Å². The normalized spacial score (nSPS) is 36.7. The average molecular weight is 1130 g/mol. The first kappa shape index (κ1) is 58.3. The third-order valence-electron chi connectivity index (χ3n) is 21.3. The van der Waals surface area contributed by atoms with Crippen LogP contribution in [0.2, 0.25) is 0 Å². The SMILES string of the molecule is C=CCc1ccc(O[C@H]2O[C@H]3[C@@H](O)[C@H](O)[C@]24C[C@H]([C@@H](O)CC#CO[C@@H]3CCCO)[C@]23C[C@H](C=CC2=C(CCCCC)O4)[C@@H]2[C@@](O)(C[C@H]4[C@H](c5ccc(C(=O)O)cc5)CC[C@H]5CCC[C@]524)C3)cc1C[C@H](COC)[C@@H](CO)n1ccc(C#N)c1. The molecule has 1 saturated heterocycles. The van der Waals surface area contributed by atoms with Crippen molar-refractivity contribution in [3.05, 3.63) is 125 Å². The quantitative estimate of drug-likeness (QED) is 0.0318. The Kier molecular flexibility index (Phi) is 17.0. The summed E-state index contributed by atoms with van der Waals surface area (Å²) < 4.78 is 35.9. The van der Waals surface area contributed by atoms with Crippen molar-refractivity contribution in [1.29, 1.82) is 5.26 Å². The van der Waals surface area contributed by atoms with Crippen LogP contribution >= 0.6 is 0 Å². The lowest BCUT2D eigenvalue weighted by molar-refractivity contribution is -0.337. The van der Waals surface area contributed by atoms with E-state index in [2.05, 4.69) is 43.8 Å². The zero-order valence-corrected chi connectivity index (χ0v) is 47.6. The third kappa shape index (κ3) is 10.1. The number of hydrogen-bond donors (Lipinski definition) is 7. The van der Waals surface area contributed by atoms with Gasteiger partial charge in [-0.3, -0.25) is 0 Å². The molecular formula is C67H84N2O13. The molecule has 12 rings (SSSR count). The van der Waals surface area contributed by atoms with E-state index in [4.69, 9.17) is 23.7 Å². The average Bonchev–Trinajstić information content (AvgIpc) is 2.27. The summed E-state index contributed by atoms with van der Waals surface area (Å²) in [6.07, 6.45) is 15.9.